The number of carbonyl (C=O) groups is 1. The summed E-state index contributed by atoms with van der Waals surface area (Å²) in [6, 6.07) is 12.7. The number of aromatic amines is 1. The first kappa shape index (κ1) is 26.6. The number of benzene rings is 1. The lowest BCUT2D eigenvalue weighted by molar-refractivity contribution is 0.0978. The topological polar surface area (TPSA) is 140 Å². The maximum atomic E-state index is 13.2. The highest BCUT2D eigenvalue weighted by Gasteiger charge is 2.25. The van der Waals surface area contributed by atoms with Crippen LogP contribution in [0.1, 0.15) is 34.0 Å². The van der Waals surface area contributed by atoms with Gasteiger partial charge in [-0.05, 0) is 69.2 Å². The van der Waals surface area contributed by atoms with Gasteiger partial charge in [0.1, 0.15) is 11.3 Å². The van der Waals surface area contributed by atoms with Crippen LogP contribution >= 0.6 is 0 Å². The Labute approximate surface area is 219 Å². The van der Waals surface area contributed by atoms with Crippen molar-refractivity contribution in [1.82, 2.24) is 19.7 Å². The van der Waals surface area contributed by atoms with Gasteiger partial charge in [-0.1, -0.05) is 17.7 Å². The molecule has 0 saturated heterocycles. The highest BCUT2D eigenvalue weighted by atomic mass is 32.2. The molecule has 0 spiro atoms. The van der Waals surface area contributed by atoms with E-state index in [-0.39, 0.29) is 11.4 Å². The number of rotatable bonds is 8. The second-order valence-corrected chi connectivity index (χ2v) is 10.1. The zero-order valence-corrected chi connectivity index (χ0v) is 22.0. The van der Waals surface area contributed by atoms with Gasteiger partial charge in [0.15, 0.2) is 4.90 Å². The van der Waals surface area contributed by atoms with Gasteiger partial charge in [0.25, 0.3) is 21.5 Å². The van der Waals surface area contributed by atoms with Gasteiger partial charge < -0.3 is 14.5 Å². The number of hydrogen-bond acceptors (Lipinski definition) is 8. The van der Waals surface area contributed by atoms with Crippen LogP contribution < -0.4 is 19.8 Å². The Kier molecular flexibility index (Phi) is 7.58. The summed E-state index contributed by atoms with van der Waals surface area (Å²) in [5.41, 5.74) is 2.74. The van der Waals surface area contributed by atoms with Crippen molar-refractivity contribution in [3.63, 3.8) is 0 Å². The van der Waals surface area contributed by atoms with E-state index in [1.165, 1.54) is 18.3 Å². The Hall–Kier alpha value is -4.51. The first-order valence-electron chi connectivity index (χ1n) is 11.7. The van der Waals surface area contributed by atoms with Crippen LogP contribution in [0.3, 0.4) is 0 Å². The molecule has 0 fully saturated rings. The average Bonchev–Trinajstić information content (AvgIpc) is 2.86. The average molecular weight is 535 g/mol. The summed E-state index contributed by atoms with van der Waals surface area (Å²) in [6.07, 6.45) is 2.87. The fraction of sp³-hybridized carbons (Fsp3) is 0.185. The third-order valence-corrected chi connectivity index (χ3v) is 6.89. The van der Waals surface area contributed by atoms with Crippen LogP contribution in [0, 0.1) is 20.8 Å². The predicted octanol–water partition coefficient (Wildman–Crippen LogP) is 4.07. The van der Waals surface area contributed by atoms with Crippen molar-refractivity contribution in [3.8, 4) is 28.8 Å². The molecule has 1 amide bonds. The van der Waals surface area contributed by atoms with E-state index in [1.807, 2.05) is 44.5 Å². The van der Waals surface area contributed by atoms with Crippen LogP contribution in [0.2, 0.25) is 0 Å². The SMILES string of the molecule is CCOc1ccc(-c2ccc(C(=O)NS(=O)(=O)c3ccc[nH]c3=O)c(Oc3c(C)cc(C)cc3C)n2)cn1. The van der Waals surface area contributed by atoms with Gasteiger partial charge in [0.05, 0.1) is 12.3 Å². The Balaban J connectivity index is 1.77. The van der Waals surface area contributed by atoms with Gasteiger partial charge >= 0.3 is 0 Å². The fourth-order valence-electron chi connectivity index (χ4n) is 3.89. The minimum atomic E-state index is -4.47. The van der Waals surface area contributed by atoms with Gasteiger partial charge in [-0.2, -0.15) is 0 Å². The highest BCUT2D eigenvalue weighted by Crippen LogP contribution is 2.32. The molecule has 0 saturated carbocycles. The Bertz CT molecular complexity index is 1640. The summed E-state index contributed by atoms with van der Waals surface area (Å²) in [6.45, 7) is 8.01. The van der Waals surface area contributed by atoms with E-state index < -0.39 is 26.4 Å². The molecule has 0 aliphatic rings. The van der Waals surface area contributed by atoms with Crippen molar-refractivity contribution >= 4 is 15.9 Å². The lowest BCUT2D eigenvalue weighted by Gasteiger charge is -2.16. The molecule has 10 nitrogen and oxygen atoms in total. The number of sulfonamides is 1. The van der Waals surface area contributed by atoms with Gasteiger partial charge in [-0.25, -0.2) is 23.1 Å². The summed E-state index contributed by atoms with van der Waals surface area (Å²) >= 11 is 0. The number of H-pyrrole nitrogens is 1. The summed E-state index contributed by atoms with van der Waals surface area (Å²) in [5.74, 6) is -0.173. The van der Waals surface area contributed by atoms with E-state index in [0.29, 0.717) is 29.5 Å². The standard InChI is InChI=1S/C27H26N4O6S/c1-5-36-23-11-8-19(15-29-23)21-10-9-20(25(32)31-38(34,35)22-7-6-12-28-26(22)33)27(30-21)37-24-17(3)13-16(2)14-18(24)4/h6-15H,5H2,1-4H3,(H,28,33)(H,31,32). The molecule has 3 aromatic heterocycles. The van der Waals surface area contributed by atoms with Crippen LogP contribution in [0.15, 0.2) is 70.6 Å². The van der Waals surface area contributed by atoms with E-state index in [4.69, 9.17) is 9.47 Å². The first-order chi connectivity index (χ1) is 18.1. The lowest BCUT2D eigenvalue weighted by Crippen LogP contribution is -2.34. The molecule has 0 aliphatic heterocycles. The van der Waals surface area contributed by atoms with Crippen LogP contribution in [0.4, 0.5) is 0 Å². The molecular formula is C27H26N4O6S. The summed E-state index contributed by atoms with van der Waals surface area (Å²) in [5, 5.41) is 0. The number of nitrogens with one attached hydrogen (secondary N) is 2. The molecule has 0 radical (unpaired) electrons. The van der Waals surface area contributed by atoms with Crippen LogP contribution in [-0.2, 0) is 10.0 Å². The smallest absolute Gasteiger partial charge is 0.270 e. The van der Waals surface area contributed by atoms with E-state index in [2.05, 4.69) is 15.0 Å². The van der Waals surface area contributed by atoms with Gasteiger partial charge in [0, 0.05) is 24.0 Å². The zero-order valence-electron chi connectivity index (χ0n) is 21.2. The summed E-state index contributed by atoms with van der Waals surface area (Å²) in [7, 11) is -4.47. The molecule has 4 rings (SSSR count). The van der Waals surface area contributed by atoms with E-state index in [9.17, 15) is 18.0 Å². The first-order valence-corrected chi connectivity index (χ1v) is 13.2. The molecular weight excluding hydrogens is 508 g/mol. The number of aromatic nitrogens is 3. The van der Waals surface area contributed by atoms with Crippen molar-refractivity contribution in [3.05, 3.63) is 93.5 Å². The largest absolute Gasteiger partial charge is 0.478 e. The van der Waals surface area contributed by atoms with Gasteiger partial charge in [0.2, 0.25) is 11.8 Å². The monoisotopic (exact) mass is 534 g/mol. The summed E-state index contributed by atoms with van der Waals surface area (Å²) in [4.78, 5) is 35.7. The minimum absolute atomic E-state index is 0.110. The number of amides is 1. The van der Waals surface area contributed by atoms with Crippen LogP contribution in [-0.4, -0.2) is 35.9 Å². The molecule has 0 aliphatic carbocycles. The molecule has 3 heterocycles. The van der Waals surface area contributed by atoms with E-state index >= 15 is 0 Å². The van der Waals surface area contributed by atoms with Gasteiger partial charge in [-0.15, -0.1) is 0 Å². The quantitative estimate of drug-likeness (QED) is 0.345. The second-order valence-electron chi connectivity index (χ2n) is 8.50. The lowest BCUT2D eigenvalue weighted by atomic mass is 10.1. The molecule has 196 valence electrons. The number of ether oxygens (including phenoxy) is 2. The number of nitrogens with zero attached hydrogens (tertiary/aromatic N) is 2. The third kappa shape index (κ3) is 5.73. The number of hydrogen-bond donors (Lipinski definition) is 2. The highest BCUT2D eigenvalue weighted by molar-refractivity contribution is 7.90. The second kappa shape index (κ2) is 10.9. The normalized spacial score (nSPS) is 11.2. The molecule has 0 atom stereocenters. The molecule has 0 unspecified atom stereocenters. The fourth-order valence-corrected chi connectivity index (χ4v) is 4.92. The Morgan fingerprint density at radius 2 is 1.79 bits per heavy atom. The summed E-state index contributed by atoms with van der Waals surface area (Å²) < 4.78 is 39.0. The Morgan fingerprint density at radius 3 is 2.42 bits per heavy atom. The molecule has 4 aromatic rings. The van der Waals surface area contributed by atoms with Gasteiger partial charge in [-0.3, -0.25) is 9.59 Å². The molecule has 0 bridgehead atoms. The Morgan fingerprint density at radius 1 is 1.05 bits per heavy atom. The zero-order chi connectivity index (χ0) is 27.4. The van der Waals surface area contributed by atoms with Crippen molar-refractivity contribution in [1.29, 1.82) is 0 Å². The van der Waals surface area contributed by atoms with E-state index in [1.54, 1.807) is 24.4 Å². The van der Waals surface area contributed by atoms with E-state index in [0.717, 1.165) is 22.8 Å². The minimum Gasteiger partial charge on any atom is -0.478 e. The molecule has 2 N–H and O–H groups in total. The molecule has 11 heteroatoms. The van der Waals surface area contributed by atoms with Crippen LogP contribution in [0.5, 0.6) is 17.5 Å². The predicted molar refractivity (Wildman–Crippen MR) is 141 cm³/mol. The maximum Gasteiger partial charge on any atom is 0.270 e. The molecule has 38 heavy (non-hydrogen) atoms. The van der Waals surface area contributed by atoms with Crippen molar-refractivity contribution < 1.29 is 22.7 Å². The van der Waals surface area contributed by atoms with Crippen molar-refractivity contribution in [2.75, 3.05) is 6.61 Å². The van der Waals surface area contributed by atoms with Crippen LogP contribution in [0.25, 0.3) is 11.3 Å². The van der Waals surface area contributed by atoms with Crippen molar-refractivity contribution in [2.45, 2.75) is 32.6 Å². The number of aryl methyl sites for hydroxylation is 3. The van der Waals surface area contributed by atoms with Crippen molar-refractivity contribution in [2.24, 2.45) is 0 Å². The number of pyridine rings is 3. The number of carbonyl (C=O) groups excluding carboxylic acids is 1. The third-order valence-electron chi connectivity index (χ3n) is 5.53. The maximum absolute atomic E-state index is 13.2. The molecule has 1 aromatic carbocycles.